The van der Waals surface area contributed by atoms with Crippen LogP contribution in [-0.4, -0.2) is 193 Å². The van der Waals surface area contributed by atoms with Crippen LogP contribution in [0.4, 0.5) is 0 Å². The minimum atomic E-state index is -1.98. The number of nitrogens with one attached hydrogen (secondary N) is 1. The first-order valence-corrected chi connectivity index (χ1v) is 36.0. The second-order valence-electron chi connectivity index (χ2n) is 25.7. The molecule has 0 aromatic heterocycles. The molecule has 0 spiro atoms. The molecule has 3 aliphatic heterocycles. The van der Waals surface area contributed by atoms with E-state index in [2.05, 4.69) is 79.9 Å². The molecule has 0 radical (unpaired) electrons. The van der Waals surface area contributed by atoms with Crippen molar-refractivity contribution in [1.29, 1.82) is 0 Å². The lowest BCUT2D eigenvalue weighted by atomic mass is 9.96. The van der Waals surface area contributed by atoms with Crippen LogP contribution in [0.5, 0.6) is 0 Å². The SMILES string of the molecule is CC/C=C\C/C=C\C/C=C\C/C=C\C/C=C\CCCCCCCC(=O)NC(COC1OC(CO)C(OC2OC(CO)C(OC3OC(CO)C(O)C(O)C3O)C(O)C2O)C(O)C1O)C(O)CCCCCCCCCCCCCCCCCCCCCCCCCCC. The van der Waals surface area contributed by atoms with Gasteiger partial charge in [0.15, 0.2) is 18.9 Å². The van der Waals surface area contributed by atoms with Gasteiger partial charge >= 0.3 is 0 Å². The second-order valence-corrected chi connectivity index (χ2v) is 25.7. The minimum absolute atomic E-state index is 0.242. The van der Waals surface area contributed by atoms with Gasteiger partial charge in [-0.15, -0.1) is 0 Å². The van der Waals surface area contributed by atoms with E-state index in [1.165, 1.54) is 135 Å². The lowest BCUT2D eigenvalue weighted by molar-refractivity contribution is -0.379. The minimum Gasteiger partial charge on any atom is -0.394 e. The number of unbranched alkanes of at least 4 members (excludes halogenated alkanes) is 29. The Kier molecular flexibility index (Phi) is 48.7. The quantitative estimate of drug-likeness (QED) is 0.0199. The van der Waals surface area contributed by atoms with Crippen LogP contribution in [0.1, 0.15) is 258 Å². The molecule has 3 fully saturated rings. The smallest absolute Gasteiger partial charge is 0.220 e. The topological polar surface area (TPSA) is 307 Å². The Bertz CT molecular complexity index is 1890. The molecule has 12 N–H and O–H groups in total. The molecule has 17 unspecified atom stereocenters. The van der Waals surface area contributed by atoms with Crippen LogP contribution in [0.3, 0.4) is 0 Å². The first-order valence-electron chi connectivity index (χ1n) is 36.0. The molecule has 0 saturated carbocycles. The number of rotatable bonds is 55. The van der Waals surface area contributed by atoms with Crippen LogP contribution in [0.2, 0.25) is 0 Å². The Balaban J connectivity index is 1.43. The van der Waals surface area contributed by atoms with E-state index < -0.39 is 124 Å². The maximum atomic E-state index is 13.4. The van der Waals surface area contributed by atoms with E-state index in [0.717, 1.165) is 89.9 Å². The third-order valence-corrected chi connectivity index (χ3v) is 17.9. The zero-order chi connectivity index (χ0) is 66.1. The maximum absolute atomic E-state index is 13.4. The molecular formula is C72H129NO18. The summed E-state index contributed by atoms with van der Waals surface area (Å²) in [6, 6.07) is -0.902. The first-order chi connectivity index (χ1) is 44.3. The highest BCUT2D eigenvalue weighted by Crippen LogP contribution is 2.33. The number of carbonyl (C=O) groups is 1. The van der Waals surface area contributed by atoms with Gasteiger partial charge in [-0.2, -0.15) is 0 Å². The Hall–Kier alpha value is -2.51. The third-order valence-electron chi connectivity index (χ3n) is 17.9. The van der Waals surface area contributed by atoms with Crippen molar-refractivity contribution < 1.29 is 89.4 Å². The fourth-order valence-electron chi connectivity index (χ4n) is 12.0. The van der Waals surface area contributed by atoms with Gasteiger partial charge in [0.25, 0.3) is 0 Å². The van der Waals surface area contributed by atoms with Crippen LogP contribution < -0.4 is 5.32 Å². The van der Waals surface area contributed by atoms with Gasteiger partial charge in [0.05, 0.1) is 38.6 Å². The number of aliphatic hydroxyl groups excluding tert-OH is 11. The number of allylic oxidation sites excluding steroid dienone is 10. The van der Waals surface area contributed by atoms with Crippen molar-refractivity contribution in [2.24, 2.45) is 0 Å². The third kappa shape index (κ3) is 35.4. The van der Waals surface area contributed by atoms with Crippen molar-refractivity contribution in [3.63, 3.8) is 0 Å². The molecule has 530 valence electrons. The van der Waals surface area contributed by atoms with Crippen LogP contribution in [-0.2, 0) is 33.2 Å². The summed E-state index contributed by atoms with van der Waals surface area (Å²) in [5.74, 6) is -0.261. The van der Waals surface area contributed by atoms with Gasteiger partial charge in [0.1, 0.15) is 73.2 Å². The average Bonchev–Trinajstić information content (AvgIpc) is 0.883. The molecule has 19 nitrogen and oxygen atoms in total. The molecule has 19 heteroatoms. The highest BCUT2D eigenvalue weighted by atomic mass is 16.8. The van der Waals surface area contributed by atoms with Gasteiger partial charge in [-0.1, -0.05) is 254 Å². The van der Waals surface area contributed by atoms with Crippen molar-refractivity contribution in [2.45, 2.75) is 362 Å². The van der Waals surface area contributed by atoms with E-state index in [1.54, 1.807) is 0 Å². The van der Waals surface area contributed by atoms with Crippen molar-refractivity contribution >= 4 is 5.91 Å². The predicted molar refractivity (Wildman–Crippen MR) is 355 cm³/mol. The lowest BCUT2D eigenvalue weighted by Crippen LogP contribution is -2.66. The summed E-state index contributed by atoms with van der Waals surface area (Å²) in [5, 5.41) is 121. The molecule has 3 aliphatic rings. The lowest BCUT2D eigenvalue weighted by Gasteiger charge is -2.48. The summed E-state index contributed by atoms with van der Waals surface area (Å²) in [6.07, 6.45) is 38.6. The number of amides is 1. The monoisotopic (exact) mass is 1300 g/mol. The van der Waals surface area contributed by atoms with Crippen LogP contribution in [0, 0.1) is 0 Å². The normalized spacial score (nSPS) is 28.2. The molecule has 3 rings (SSSR count). The van der Waals surface area contributed by atoms with Gasteiger partial charge in [0.2, 0.25) is 5.91 Å². The van der Waals surface area contributed by atoms with Crippen LogP contribution >= 0.6 is 0 Å². The molecule has 0 aromatic rings. The Labute approximate surface area is 547 Å². The molecule has 0 aliphatic carbocycles. The van der Waals surface area contributed by atoms with Crippen molar-refractivity contribution in [3.8, 4) is 0 Å². The zero-order valence-corrected chi connectivity index (χ0v) is 56.1. The Morgan fingerprint density at radius 1 is 0.407 bits per heavy atom. The first kappa shape index (κ1) is 82.7. The summed E-state index contributed by atoms with van der Waals surface area (Å²) in [7, 11) is 0. The van der Waals surface area contributed by atoms with E-state index in [4.69, 9.17) is 28.4 Å². The van der Waals surface area contributed by atoms with E-state index in [1.807, 2.05) is 0 Å². The molecule has 91 heavy (non-hydrogen) atoms. The summed E-state index contributed by atoms with van der Waals surface area (Å²) < 4.78 is 34.4. The summed E-state index contributed by atoms with van der Waals surface area (Å²) in [5.41, 5.74) is 0. The number of ether oxygens (including phenoxy) is 6. The van der Waals surface area contributed by atoms with E-state index in [9.17, 15) is 61.0 Å². The summed E-state index contributed by atoms with van der Waals surface area (Å²) in [6.45, 7) is 1.69. The maximum Gasteiger partial charge on any atom is 0.220 e. The number of hydrogen-bond donors (Lipinski definition) is 12. The molecule has 0 aromatic carbocycles. The van der Waals surface area contributed by atoms with Crippen LogP contribution in [0.15, 0.2) is 60.8 Å². The van der Waals surface area contributed by atoms with E-state index >= 15 is 0 Å². The van der Waals surface area contributed by atoms with Gasteiger partial charge < -0.3 is 89.9 Å². The highest BCUT2D eigenvalue weighted by molar-refractivity contribution is 5.76. The Morgan fingerprint density at radius 3 is 1.19 bits per heavy atom. The van der Waals surface area contributed by atoms with Crippen LogP contribution in [0.25, 0.3) is 0 Å². The summed E-state index contributed by atoms with van der Waals surface area (Å²) in [4.78, 5) is 13.4. The van der Waals surface area contributed by atoms with Crippen molar-refractivity contribution in [2.75, 3.05) is 26.4 Å². The molecule has 1 amide bonds. The number of hydrogen-bond acceptors (Lipinski definition) is 18. The fourth-order valence-corrected chi connectivity index (χ4v) is 12.0. The van der Waals surface area contributed by atoms with Crippen molar-refractivity contribution in [1.82, 2.24) is 5.32 Å². The van der Waals surface area contributed by atoms with Gasteiger partial charge in [-0.05, 0) is 57.8 Å². The van der Waals surface area contributed by atoms with Gasteiger partial charge in [-0.25, -0.2) is 0 Å². The number of carbonyl (C=O) groups excluding carboxylic acids is 1. The highest BCUT2D eigenvalue weighted by Gasteiger charge is 2.53. The second kappa shape index (κ2) is 53.6. The molecule has 3 saturated heterocycles. The van der Waals surface area contributed by atoms with E-state index in [-0.39, 0.29) is 18.9 Å². The fraction of sp³-hybridized carbons (Fsp3) is 0.847. The summed E-state index contributed by atoms with van der Waals surface area (Å²) >= 11 is 0. The largest absolute Gasteiger partial charge is 0.394 e. The molecular weight excluding hydrogens is 1170 g/mol. The average molecular weight is 1300 g/mol. The van der Waals surface area contributed by atoms with Crippen molar-refractivity contribution in [3.05, 3.63) is 60.8 Å². The number of aliphatic hydroxyl groups is 11. The molecule has 3 heterocycles. The molecule has 17 atom stereocenters. The molecule has 0 bridgehead atoms. The predicted octanol–water partition coefficient (Wildman–Crippen LogP) is 9.94. The van der Waals surface area contributed by atoms with Gasteiger partial charge in [-0.3, -0.25) is 4.79 Å². The standard InChI is InChI=1S/C72H129NO18/c1-3-5-7-9-11-13-15-17-19-21-23-25-26-27-28-30-31-33-35-37-39-41-43-45-47-49-56(77)55(73-60(78)50-48-46-44-42-40-38-36-34-32-29-24-22-20-18-16-14-12-10-8-6-4-2)54-86-70-66(84)63(81)68(58(52-75)88-70)91-72-67(85)64(82)69(59(53-76)89-72)90-71-65(83)62(80)61(79)57(51-74)87-71/h6,8,12,14,18,20,24,29,34,36,55-59,61-72,74-77,79-85H,3-5,7,9-11,13,15-17,19,21-23,25-28,30-33,35,37-54H2,1-2H3,(H,73,78)/b8-6-,14-12-,20-18-,29-24-,36-34-. The van der Waals surface area contributed by atoms with E-state index in [0.29, 0.717) is 12.8 Å². The zero-order valence-electron chi connectivity index (χ0n) is 56.1. The Morgan fingerprint density at radius 2 is 0.758 bits per heavy atom. The van der Waals surface area contributed by atoms with Gasteiger partial charge in [0, 0.05) is 6.42 Å².